The van der Waals surface area contributed by atoms with E-state index in [9.17, 15) is 23.3 Å². The van der Waals surface area contributed by atoms with Gasteiger partial charge in [-0.25, -0.2) is 8.42 Å². The molecule has 0 fully saturated rings. The third kappa shape index (κ3) is 4.93. The number of carbonyl (C=O) groups is 1. The predicted octanol–water partition coefficient (Wildman–Crippen LogP) is 3.03. The second-order valence-corrected chi connectivity index (χ2v) is 9.76. The Morgan fingerprint density at radius 2 is 2.03 bits per heavy atom. The molecule has 3 rings (SSSR count). The van der Waals surface area contributed by atoms with Crippen molar-refractivity contribution in [1.82, 2.24) is 9.21 Å². The van der Waals surface area contributed by atoms with Crippen molar-refractivity contribution < 1.29 is 22.9 Å². The molecule has 1 amide bonds. The van der Waals surface area contributed by atoms with Crippen LogP contribution in [0.25, 0.3) is 0 Å². The van der Waals surface area contributed by atoms with Crippen LogP contribution in [0.3, 0.4) is 0 Å². The van der Waals surface area contributed by atoms with Gasteiger partial charge in [-0.3, -0.25) is 14.9 Å². The number of benzene rings is 2. The minimum absolute atomic E-state index is 0.0561. The maximum Gasteiger partial charge on any atom is 0.289 e. The maximum absolute atomic E-state index is 13.3. The number of nitro benzene ring substituents is 1. The molecular weight excluding hydrogens is 458 g/mol. The molecule has 2 aromatic carbocycles. The number of hydrogen-bond acceptors (Lipinski definition) is 6. The van der Waals surface area contributed by atoms with Gasteiger partial charge in [0, 0.05) is 26.3 Å². The number of fused-ring (bicyclic) bond motifs is 1. The van der Waals surface area contributed by atoms with E-state index in [1.165, 1.54) is 18.7 Å². The van der Waals surface area contributed by atoms with Gasteiger partial charge < -0.3 is 9.64 Å². The van der Waals surface area contributed by atoms with E-state index in [2.05, 4.69) is 0 Å². The molecule has 11 heteroatoms. The van der Waals surface area contributed by atoms with Crippen LogP contribution in [0.15, 0.2) is 47.4 Å². The number of halogens is 1. The second-order valence-electron chi connectivity index (χ2n) is 7.41. The number of sulfonamides is 1. The van der Waals surface area contributed by atoms with Gasteiger partial charge in [-0.1, -0.05) is 35.9 Å². The van der Waals surface area contributed by atoms with Crippen molar-refractivity contribution in [3.8, 4) is 0 Å². The van der Waals surface area contributed by atoms with Gasteiger partial charge in [-0.2, -0.15) is 4.31 Å². The van der Waals surface area contributed by atoms with Gasteiger partial charge in [0.05, 0.1) is 29.0 Å². The van der Waals surface area contributed by atoms with Crippen molar-refractivity contribution >= 4 is 33.2 Å². The zero-order chi connectivity index (χ0) is 23.5. The number of nitrogens with zero attached hydrogens (tertiary/aromatic N) is 3. The van der Waals surface area contributed by atoms with E-state index in [4.69, 9.17) is 16.3 Å². The lowest BCUT2D eigenvalue weighted by atomic mass is 9.93. The minimum atomic E-state index is -4.22. The average Bonchev–Trinajstić information content (AvgIpc) is 2.76. The Bertz CT molecular complexity index is 1120. The predicted molar refractivity (Wildman–Crippen MR) is 119 cm³/mol. The van der Waals surface area contributed by atoms with Crippen LogP contribution in [-0.4, -0.2) is 61.8 Å². The van der Waals surface area contributed by atoms with Gasteiger partial charge >= 0.3 is 0 Å². The zero-order valence-electron chi connectivity index (χ0n) is 17.7. The molecule has 0 saturated carbocycles. The number of hydrogen-bond donors (Lipinski definition) is 0. The number of nitro groups is 1. The van der Waals surface area contributed by atoms with Crippen LogP contribution in [0.2, 0.25) is 5.02 Å². The first-order valence-electron chi connectivity index (χ1n) is 9.97. The van der Waals surface area contributed by atoms with E-state index in [1.54, 1.807) is 4.90 Å². The number of carbonyl (C=O) groups excluding carboxylic acids is 1. The highest BCUT2D eigenvalue weighted by Gasteiger charge is 2.33. The summed E-state index contributed by atoms with van der Waals surface area (Å²) >= 11 is 5.82. The van der Waals surface area contributed by atoms with E-state index in [-0.39, 0.29) is 35.0 Å². The summed E-state index contributed by atoms with van der Waals surface area (Å²) in [7, 11) is -2.80. The first-order valence-corrected chi connectivity index (χ1v) is 11.8. The second kappa shape index (κ2) is 9.95. The summed E-state index contributed by atoms with van der Waals surface area (Å²) in [4.78, 5) is 24.9. The molecule has 0 N–H and O–H groups in total. The maximum atomic E-state index is 13.3. The molecule has 2 aromatic rings. The average molecular weight is 482 g/mol. The molecule has 1 atom stereocenters. The Labute approximate surface area is 191 Å². The standard InChI is InChI=1S/C21H24ClN3O6S/c1-15-18-6-4-3-5-16(18)9-10-24(15)21(26)14-23(11-12-31-2)32(29,30)17-7-8-19(22)20(13-17)25(27)28/h3-8,13,15H,9-12,14H2,1-2H3. The van der Waals surface area contributed by atoms with Crippen molar-refractivity contribution in [2.45, 2.75) is 24.3 Å². The molecular formula is C21H24ClN3O6S. The highest BCUT2D eigenvalue weighted by atomic mass is 35.5. The summed E-state index contributed by atoms with van der Waals surface area (Å²) in [5.74, 6) is -0.352. The number of amides is 1. The van der Waals surface area contributed by atoms with E-state index in [0.29, 0.717) is 13.0 Å². The molecule has 0 saturated heterocycles. The number of methoxy groups -OCH3 is 1. The van der Waals surface area contributed by atoms with E-state index >= 15 is 0 Å². The van der Waals surface area contributed by atoms with Gasteiger partial charge in [0.2, 0.25) is 15.9 Å². The fourth-order valence-electron chi connectivity index (χ4n) is 3.77. The molecule has 1 aliphatic heterocycles. The van der Waals surface area contributed by atoms with Gasteiger partial charge in [0.1, 0.15) is 5.02 Å². The lowest BCUT2D eigenvalue weighted by molar-refractivity contribution is -0.384. The zero-order valence-corrected chi connectivity index (χ0v) is 19.3. The molecule has 0 spiro atoms. The summed E-state index contributed by atoms with van der Waals surface area (Å²) < 4.78 is 32.5. The van der Waals surface area contributed by atoms with Gasteiger partial charge in [-0.15, -0.1) is 0 Å². The summed E-state index contributed by atoms with van der Waals surface area (Å²) in [5, 5.41) is 11.0. The molecule has 0 bridgehead atoms. The van der Waals surface area contributed by atoms with Crippen molar-refractivity contribution in [2.75, 3.05) is 33.4 Å². The van der Waals surface area contributed by atoms with Crippen LogP contribution in [0.5, 0.6) is 0 Å². The molecule has 0 aliphatic carbocycles. The Balaban J connectivity index is 1.87. The Morgan fingerprint density at radius 1 is 1.31 bits per heavy atom. The van der Waals surface area contributed by atoms with E-state index in [0.717, 1.165) is 22.0 Å². The minimum Gasteiger partial charge on any atom is -0.383 e. The van der Waals surface area contributed by atoms with Crippen LogP contribution >= 0.6 is 11.6 Å². The fraction of sp³-hybridized carbons (Fsp3) is 0.381. The van der Waals surface area contributed by atoms with Gasteiger partial charge in [0.15, 0.2) is 0 Å². The molecule has 9 nitrogen and oxygen atoms in total. The van der Waals surface area contributed by atoms with Crippen molar-refractivity contribution in [2.24, 2.45) is 0 Å². The lowest BCUT2D eigenvalue weighted by Gasteiger charge is -2.36. The van der Waals surface area contributed by atoms with Crippen molar-refractivity contribution in [1.29, 1.82) is 0 Å². The van der Waals surface area contributed by atoms with E-state index in [1.807, 2.05) is 31.2 Å². The molecule has 1 unspecified atom stereocenters. The molecule has 0 radical (unpaired) electrons. The normalized spacial score (nSPS) is 16.1. The van der Waals surface area contributed by atoms with Crippen molar-refractivity contribution in [3.63, 3.8) is 0 Å². The monoisotopic (exact) mass is 481 g/mol. The summed E-state index contributed by atoms with van der Waals surface area (Å²) in [5.41, 5.74) is 1.68. The highest BCUT2D eigenvalue weighted by molar-refractivity contribution is 7.89. The van der Waals surface area contributed by atoms with Gasteiger partial charge in [0.25, 0.3) is 5.69 Å². The Morgan fingerprint density at radius 3 is 2.72 bits per heavy atom. The SMILES string of the molecule is COCCN(CC(=O)N1CCc2ccccc2C1C)S(=O)(=O)c1ccc(Cl)c([N+](=O)[O-])c1. The quantitative estimate of drug-likeness (QED) is 0.423. The molecule has 32 heavy (non-hydrogen) atoms. The molecule has 0 aromatic heterocycles. The van der Waals surface area contributed by atoms with Crippen LogP contribution < -0.4 is 0 Å². The summed E-state index contributed by atoms with van der Waals surface area (Å²) in [6, 6.07) is 10.9. The topological polar surface area (TPSA) is 110 Å². The highest BCUT2D eigenvalue weighted by Crippen LogP contribution is 2.31. The lowest BCUT2D eigenvalue weighted by Crippen LogP contribution is -2.46. The Kier molecular flexibility index (Phi) is 7.50. The molecule has 1 heterocycles. The van der Waals surface area contributed by atoms with Crippen LogP contribution in [0.4, 0.5) is 5.69 Å². The fourth-order valence-corrected chi connectivity index (χ4v) is 5.35. The smallest absolute Gasteiger partial charge is 0.289 e. The summed E-state index contributed by atoms with van der Waals surface area (Å²) in [6.07, 6.45) is 0.681. The molecule has 1 aliphatic rings. The Hall–Kier alpha value is -2.53. The first-order chi connectivity index (χ1) is 15.2. The van der Waals surface area contributed by atoms with Crippen LogP contribution in [0, 0.1) is 10.1 Å². The van der Waals surface area contributed by atoms with Crippen LogP contribution in [-0.2, 0) is 26.0 Å². The summed E-state index contributed by atoms with van der Waals surface area (Å²) in [6.45, 7) is 1.95. The van der Waals surface area contributed by atoms with Crippen LogP contribution in [0.1, 0.15) is 24.1 Å². The first kappa shape index (κ1) is 24.1. The van der Waals surface area contributed by atoms with Gasteiger partial charge in [-0.05, 0) is 36.6 Å². The molecule has 172 valence electrons. The number of rotatable bonds is 8. The van der Waals surface area contributed by atoms with E-state index < -0.39 is 27.2 Å². The third-order valence-electron chi connectivity index (χ3n) is 5.52. The number of ether oxygens (including phenoxy) is 1. The third-order valence-corrected chi connectivity index (χ3v) is 7.68. The van der Waals surface area contributed by atoms with Crippen molar-refractivity contribution in [3.05, 3.63) is 68.7 Å². The largest absolute Gasteiger partial charge is 0.383 e.